The summed E-state index contributed by atoms with van der Waals surface area (Å²) in [5, 5.41) is 1.09. The second kappa shape index (κ2) is 3.83. The summed E-state index contributed by atoms with van der Waals surface area (Å²) < 4.78 is 0. The van der Waals surface area contributed by atoms with Crippen molar-refractivity contribution in [2.45, 2.75) is 50.5 Å². The first-order valence-electron chi connectivity index (χ1n) is 4.83. The molecule has 0 spiro atoms. The summed E-state index contributed by atoms with van der Waals surface area (Å²) >= 11 is 9.17. The zero-order chi connectivity index (χ0) is 9.35. The van der Waals surface area contributed by atoms with Gasteiger partial charge in [0.05, 0.1) is 0 Å². The average molecular weight is 204 g/mol. The minimum atomic E-state index is 0.397. The van der Waals surface area contributed by atoms with Crippen LogP contribution >= 0.6 is 25.3 Å². The van der Waals surface area contributed by atoms with Crippen LogP contribution in [0.15, 0.2) is 0 Å². The van der Waals surface area contributed by atoms with Gasteiger partial charge in [-0.2, -0.15) is 25.3 Å². The van der Waals surface area contributed by atoms with Crippen molar-refractivity contribution in [3.8, 4) is 0 Å². The van der Waals surface area contributed by atoms with E-state index in [1.54, 1.807) is 0 Å². The smallest absolute Gasteiger partial charge is 0.00452 e. The van der Waals surface area contributed by atoms with Crippen LogP contribution < -0.4 is 0 Å². The summed E-state index contributed by atoms with van der Waals surface area (Å²) in [7, 11) is 0. The Morgan fingerprint density at radius 2 is 2.00 bits per heavy atom. The van der Waals surface area contributed by atoms with Gasteiger partial charge < -0.3 is 0 Å². The standard InChI is InChI=1S/C10H20S2/c1-7-4-5-9(12)6-10(7,3)8(2)11/h7-9,11-12H,4-6H2,1-3H3/t7-,8?,9?,10-/m0/s1. The van der Waals surface area contributed by atoms with Gasteiger partial charge in [-0.25, -0.2) is 0 Å². The molecule has 0 saturated heterocycles. The highest BCUT2D eigenvalue weighted by Crippen LogP contribution is 2.46. The molecule has 0 aromatic heterocycles. The molecule has 0 aromatic rings. The normalized spacial score (nSPS) is 45.8. The molecule has 0 N–H and O–H groups in total. The van der Waals surface area contributed by atoms with Crippen LogP contribution in [0.25, 0.3) is 0 Å². The van der Waals surface area contributed by atoms with E-state index in [2.05, 4.69) is 46.0 Å². The fourth-order valence-corrected chi connectivity index (χ4v) is 3.07. The van der Waals surface area contributed by atoms with Crippen molar-refractivity contribution < 1.29 is 0 Å². The predicted molar refractivity (Wildman–Crippen MR) is 62.3 cm³/mol. The summed E-state index contributed by atoms with van der Waals surface area (Å²) in [6, 6.07) is 0. The molecule has 1 fully saturated rings. The highest BCUT2D eigenvalue weighted by atomic mass is 32.1. The summed E-state index contributed by atoms with van der Waals surface area (Å²) in [6.45, 7) is 6.93. The summed E-state index contributed by atoms with van der Waals surface area (Å²) in [6.07, 6.45) is 3.82. The van der Waals surface area contributed by atoms with Crippen molar-refractivity contribution in [1.82, 2.24) is 0 Å². The molecule has 0 radical (unpaired) electrons. The highest BCUT2D eigenvalue weighted by molar-refractivity contribution is 7.81. The third-order valence-electron chi connectivity index (χ3n) is 3.69. The maximum Gasteiger partial charge on any atom is 0.00452 e. The van der Waals surface area contributed by atoms with Crippen molar-refractivity contribution in [1.29, 1.82) is 0 Å². The molecule has 0 amide bonds. The molecule has 12 heavy (non-hydrogen) atoms. The maximum absolute atomic E-state index is 4.59. The largest absolute Gasteiger partial charge is 0.176 e. The number of hydrogen-bond acceptors (Lipinski definition) is 2. The summed E-state index contributed by atoms with van der Waals surface area (Å²) in [5.74, 6) is 0.799. The van der Waals surface area contributed by atoms with Gasteiger partial charge in [-0.15, -0.1) is 0 Å². The summed E-state index contributed by atoms with van der Waals surface area (Å²) in [4.78, 5) is 0. The maximum atomic E-state index is 4.59. The Bertz CT molecular complexity index is 156. The number of hydrogen-bond donors (Lipinski definition) is 2. The van der Waals surface area contributed by atoms with Crippen molar-refractivity contribution in [2.75, 3.05) is 0 Å². The lowest BCUT2D eigenvalue weighted by atomic mass is 9.66. The minimum Gasteiger partial charge on any atom is -0.176 e. The van der Waals surface area contributed by atoms with Crippen molar-refractivity contribution >= 4 is 25.3 Å². The molecule has 0 aromatic carbocycles. The van der Waals surface area contributed by atoms with E-state index in [0.29, 0.717) is 15.9 Å². The molecule has 2 unspecified atom stereocenters. The van der Waals surface area contributed by atoms with Gasteiger partial charge in [0, 0.05) is 10.5 Å². The Labute approximate surface area is 87.3 Å². The lowest BCUT2D eigenvalue weighted by molar-refractivity contribution is 0.137. The van der Waals surface area contributed by atoms with E-state index < -0.39 is 0 Å². The van der Waals surface area contributed by atoms with Gasteiger partial charge in [-0.1, -0.05) is 20.8 Å². The Kier molecular flexibility index (Phi) is 3.44. The molecule has 1 saturated carbocycles. The minimum absolute atomic E-state index is 0.397. The molecule has 2 heteroatoms. The van der Waals surface area contributed by atoms with E-state index in [0.717, 1.165) is 5.92 Å². The first-order valence-corrected chi connectivity index (χ1v) is 5.86. The lowest BCUT2D eigenvalue weighted by Crippen LogP contribution is -2.39. The van der Waals surface area contributed by atoms with Crippen LogP contribution in [0.3, 0.4) is 0 Å². The van der Waals surface area contributed by atoms with Gasteiger partial charge in [0.1, 0.15) is 0 Å². The van der Waals surface area contributed by atoms with E-state index in [4.69, 9.17) is 0 Å². The van der Waals surface area contributed by atoms with E-state index >= 15 is 0 Å². The average Bonchev–Trinajstić information content (AvgIpc) is 1.97. The van der Waals surface area contributed by atoms with E-state index in [1.165, 1.54) is 19.3 Å². The van der Waals surface area contributed by atoms with Gasteiger partial charge in [0.15, 0.2) is 0 Å². The fraction of sp³-hybridized carbons (Fsp3) is 1.00. The van der Waals surface area contributed by atoms with Crippen LogP contribution in [-0.2, 0) is 0 Å². The van der Waals surface area contributed by atoms with Crippen LogP contribution in [0.1, 0.15) is 40.0 Å². The fourth-order valence-electron chi connectivity index (χ4n) is 2.17. The molecule has 1 aliphatic carbocycles. The summed E-state index contributed by atoms with van der Waals surface area (Å²) in [5.41, 5.74) is 0.397. The second-order valence-corrected chi connectivity index (χ2v) is 6.02. The van der Waals surface area contributed by atoms with Gasteiger partial charge in [0.25, 0.3) is 0 Å². The Balaban J connectivity index is 2.71. The molecule has 1 rings (SSSR count). The second-order valence-electron chi connectivity index (χ2n) is 4.52. The van der Waals surface area contributed by atoms with Gasteiger partial charge in [-0.05, 0) is 30.6 Å². The SMILES string of the molecule is CC(S)[C@@]1(C)CC(S)CC[C@@H]1C. The van der Waals surface area contributed by atoms with E-state index in [-0.39, 0.29) is 0 Å². The van der Waals surface area contributed by atoms with Crippen LogP contribution in [0, 0.1) is 11.3 Å². The molecule has 0 nitrogen and oxygen atoms in total. The number of thiol groups is 2. The third-order valence-corrected chi connectivity index (χ3v) is 4.72. The van der Waals surface area contributed by atoms with Crippen LogP contribution in [0.2, 0.25) is 0 Å². The Hall–Kier alpha value is 0.700. The van der Waals surface area contributed by atoms with Crippen LogP contribution in [0.5, 0.6) is 0 Å². The zero-order valence-electron chi connectivity index (χ0n) is 8.25. The number of rotatable bonds is 1. The Morgan fingerprint density at radius 3 is 2.42 bits per heavy atom. The van der Waals surface area contributed by atoms with E-state index in [1.807, 2.05) is 0 Å². The lowest BCUT2D eigenvalue weighted by Gasteiger charge is -2.44. The van der Waals surface area contributed by atoms with Crippen molar-refractivity contribution in [2.24, 2.45) is 11.3 Å². The Morgan fingerprint density at radius 1 is 1.42 bits per heavy atom. The van der Waals surface area contributed by atoms with Gasteiger partial charge in [-0.3, -0.25) is 0 Å². The van der Waals surface area contributed by atoms with Gasteiger partial charge >= 0.3 is 0 Å². The third kappa shape index (κ3) is 1.95. The highest BCUT2D eigenvalue weighted by Gasteiger charge is 2.39. The monoisotopic (exact) mass is 204 g/mol. The molecular formula is C10H20S2. The molecular weight excluding hydrogens is 184 g/mol. The van der Waals surface area contributed by atoms with E-state index in [9.17, 15) is 0 Å². The predicted octanol–water partition coefficient (Wildman–Crippen LogP) is 3.43. The van der Waals surface area contributed by atoms with Crippen LogP contribution in [0.4, 0.5) is 0 Å². The van der Waals surface area contributed by atoms with Crippen LogP contribution in [-0.4, -0.2) is 10.5 Å². The molecule has 4 atom stereocenters. The van der Waals surface area contributed by atoms with Crippen molar-refractivity contribution in [3.63, 3.8) is 0 Å². The molecule has 72 valence electrons. The van der Waals surface area contributed by atoms with Crippen molar-refractivity contribution in [3.05, 3.63) is 0 Å². The van der Waals surface area contributed by atoms with Gasteiger partial charge in [0.2, 0.25) is 0 Å². The first kappa shape index (κ1) is 10.8. The quantitative estimate of drug-likeness (QED) is 0.601. The molecule has 1 aliphatic rings. The molecule has 0 aliphatic heterocycles. The zero-order valence-corrected chi connectivity index (χ0v) is 10.0. The first-order chi connectivity index (χ1) is 5.47. The molecule has 0 heterocycles. The topological polar surface area (TPSA) is 0 Å². The molecule has 0 bridgehead atoms.